The predicted molar refractivity (Wildman–Crippen MR) is 85.9 cm³/mol. The molecule has 1 atom stereocenters. The molecule has 0 saturated heterocycles. The molecule has 0 aliphatic rings. The van der Waals surface area contributed by atoms with Gasteiger partial charge in [0.25, 0.3) is 0 Å². The van der Waals surface area contributed by atoms with Crippen LogP contribution in [-0.4, -0.2) is 11.6 Å². The Labute approximate surface area is 122 Å². The molecule has 0 aromatic heterocycles. The van der Waals surface area contributed by atoms with Crippen molar-refractivity contribution < 1.29 is 4.74 Å². The zero-order valence-electron chi connectivity index (χ0n) is 12.2. The van der Waals surface area contributed by atoms with E-state index in [9.17, 15) is 0 Å². The molecule has 0 radical (unpaired) electrons. The van der Waals surface area contributed by atoms with Crippen molar-refractivity contribution in [2.75, 3.05) is 6.61 Å². The zero-order chi connectivity index (χ0) is 14.3. The number of unbranched alkanes of at least 4 members (excludes halogenated alkanes) is 1. The van der Waals surface area contributed by atoms with E-state index >= 15 is 0 Å². The van der Waals surface area contributed by atoms with Crippen LogP contribution in [0, 0.1) is 12.8 Å². The summed E-state index contributed by atoms with van der Waals surface area (Å²) in [4.78, 5) is 0.419. The van der Waals surface area contributed by atoms with Crippen LogP contribution in [0.25, 0.3) is 0 Å². The Morgan fingerprint density at radius 1 is 1.37 bits per heavy atom. The van der Waals surface area contributed by atoms with Gasteiger partial charge in [-0.2, -0.15) is 0 Å². The highest BCUT2D eigenvalue weighted by molar-refractivity contribution is 7.80. The lowest BCUT2D eigenvalue weighted by molar-refractivity contribution is 0.232. The molecule has 2 nitrogen and oxygen atoms in total. The number of nitrogens with two attached hydrogens (primary N) is 1. The topological polar surface area (TPSA) is 35.2 Å². The van der Waals surface area contributed by atoms with Gasteiger partial charge >= 0.3 is 0 Å². The van der Waals surface area contributed by atoms with Gasteiger partial charge in [0.15, 0.2) is 0 Å². The van der Waals surface area contributed by atoms with Crippen LogP contribution in [-0.2, 0) is 0 Å². The summed E-state index contributed by atoms with van der Waals surface area (Å²) in [5, 5.41) is 0. The molecule has 0 amide bonds. The van der Waals surface area contributed by atoms with Crippen LogP contribution >= 0.6 is 12.2 Å². The molecule has 0 spiro atoms. The van der Waals surface area contributed by atoms with Crippen molar-refractivity contribution in [3.8, 4) is 5.75 Å². The molecule has 0 fully saturated rings. The van der Waals surface area contributed by atoms with Gasteiger partial charge in [0.1, 0.15) is 10.7 Å². The molecular weight excluding hydrogens is 254 g/mol. The lowest BCUT2D eigenvalue weighted by atomic mass is 10.0. The van der Waals surface area contributed by atoms with Crippen molar-refractivity contribution in [3.05, 3.63) is 29.3 Å². The molecular formula is C16H25NOS. The third-order valence-electron chi connectivity index (χ3n) is 3.49. The molecule has 2 N–H and O–H groups in total. The number of hydrogen-bond acceptors (Lipinski definition) is 2. The molecule has 19 heavy (non-hydrogen) atoms. The van der Waals surface area contributed by atoms with Crippen molar-refractivity contribution in [1.29, 1.82) is 0 Å². The van der Waals surface area contributed by atoms with Gasteiger partial charge in [-0.15, -0.1) is 0 Å². The fourth-order valence-corrected chi connectivity index (χ4v) is 2.14. The molecule has 3 heteroatoms. The normalized spacial score (nSPS) is 12.2. The van der Waals surface area contributed by atoms with E-state index in [4.69, 9.17) is 22.7 Å². The summed E-state index contributed by atoms with van der Waals surface area (Å²) in [5.41, 5.74) is 7.66. The molecule has 106 valence electrons. The molecule has 1 unspecified atom stereocenters. The van der Waals surface area contributed by atoms with Gasteiger partial charge in [-0.3, -0.25) is 0 Å². The minimum absolute atomic E-state index is 0.419. The van der Waals surface area contributed by atoms with Crippen molar-refractivity contribution in [2.24, 2.45) is 11.7 Å². The van der Waals surface area contributed by atoms with E-state index in [1.165, 1.54) is 19.3 Å². The van der Waals surface area contributed by atoms with Crippen LogP contribution in [0.5, 0.6) is 5.75 Å². The molecule has 0 saturated carbocycles. The first-order valence-corrected chi connectivity index (χ1v) is 7.52. The Bertz CT molecular complexity index is 417. The van der Waals surface area contributed by atoms with Gasteiger partial charge in [-0.25, -0.2) is 0 Å². The van der Waals surface area contributed by atoms with Crippen molar-refractivity contribution >= 4 is 17.2 Å². The highest BCUT2D eigenvalue weighted by atomic mass is 32.1. The van der Waals surface area contributed by atoms with Crippen LogP contribution in [0.2, 0.25) is 0 Å². The average molecular weight is 279 g/mol. The lowest BCUT2D eigenvalue weighted by Gasteiger charge is -2.17. The first-order valence-electron chi connectivity index (χ1n) is 7.11. The molecule has 1 aromatic rings. The molecule has 0 aliphatic heterocycles. The maximum atomic E-state index is 5.96. The summed E-state index contributed by atoms with van der Waals surface area (Å²) in [6.07, 6.45) is 4.91. The second-order valence-electron chi connectivity index (χ2n) is 5.07. The Morgan fingerprint density at radius 3 is 2.68 bits per heavy atom. The second kappa shape index (κ2) is 8.16. The summed E-state index contributed by atoms with van der Waals surface area (Å²) in [5.74, 6) is 1.54. The van der Waals surface area contributed by atoms with Gasteiger partial charge in [0.2, 0.25) is 0 Å². The summed E-state index contributed by atoms with van der Waals surface area (Å²) in [6.45, 7) is 7.27. The first-order chi connectivity index (χ1) is 9.08. The van der Waals surface area contributed by atoms with E-state index in [1.54, 1.807) is 0 Å². The summed E-state index contributed by atoms with van der Waals surface area (Å²) in [7, 11) is 0. The van der Waals surface area contributed by atoms with Crippen LogP contribution in [0.15, 0.2) is 18.2 Å². The molecule has 0 aliphatic carbocycles. The number of benzene rings is 1. The average Bonchev–Trinajstić information content (AvgIpc) is 2.40. The third-order valence-corrected chi connectivity index (χ3v) is 3.73. The van der Waals surface area contributed by atoms with E-state index < -0.39 is 0 Å². The van der Waals surface area contributed by atoms with Gasteiger partial charge in [-0.1, -0.05) is 57.5 Å². The summed E-state index contributed by atoms with van der Waals surface area (Å²) >= 11 is 5.00. The Balaban J connectivity index is 2.65. The minimum atomic E-state index is 0.419. The van der Waals surface area contributed by atoms with E-state index in [-0.39, 0.29) is 0 Å². The second-order valence-corrected chi connectivity index (χ2v) is 5.51. The van der Waals surface area contributed by atoms with Crippen molar-refractivity contribution in [1.82, 2.24) is 0 Å². The van der Waals surface area contributed by atoms with Gasteiger partial charge in [0, 0.05) is 5.56 Å². The quantitative estimate of drug-likeness (QED) is 0.723. The Kier molecular flexibility index (Phi) is 6.85. The molecule has 0 heterocycles. The number of rotatable bonds is 8. The summed E-state index contributed by atoms with van der Waals surface area (Å²) < 4.78 is 5.96. The van der Waals surface area contributed by atoms with E-state index in [2.05, 4.69) is 13.8 Å². The maximum absolute atomic E-state index is 5.96. The van der Waals surface area contributed by atoms with Crippen LogP contribution < -0.4 is 10.5 Å². The molecule has 1 aromatic carbocycles. The first kappa shape index (κ1) is 16.0. The highest BCUT2D eigenvalue weighted by Gasteiger charge is 2.09. The fourth-order valence-electron chi connectivity index (χ4n) is 2.01. The van der Waals surface area contributed by atoms with E-state index in [1.807, 2.05) is 25.1 Å². The highest BCUT2D eigenvalue weighted by Crippen LogP contribution is 2.22. The smallest absolute Gasteiger partial charge is 0.122 e. The molecule has 0 bridgehead atoms. The van der Waals surface area contributed by atoms with Gasteiger partial charge in [0.05, 0.1) is 6.61 Å². The zero-order valence-corrected chi connectivity index (χ0v) is 13.1. The fraction of sp³-hybridized carbons (Fsp3) is 0.562. The van der Waals surface area contributed by atoms with Gasteiger partial charge < -0.3 is 10.5 Å². The lowest BCUT2D eigenvalue weighted by Crippen LogP contribution is -2.13. The Morgan fingerprint density at radius 2 is 2.11 bits per heavy atom. The third kappa shape index (κ3) is 5.19. The van der Waals surface area contributed by atoms with E-state index in [0.717, 1.165) is 29.9 Å². The molecule has 1 rings (SSSR count). The predicted octanol–water partition coefficient (Wildman–Crippen LogP) is 4.22. The largest absolute Gasteiger partial charge is 0.493 e. The van der Waals surface area contributed by atoms with Crippen molar-refractivity contribution in [2.45, 2.75) is 46.5 Å². The number of hydrogen-bond donors (Lipinski definition) is 1. The maximum Gasteiger partial charge on any atom is 0.122 e. The SMILES string of the molecule is CCCCC(CC)COc1cc(C(N)=S)ccc1C. The van der Waals surface area contributed by atoms with Crippen LogP contribution in [0.3, 0.4) is 0 Å². The van der Waals surface area contributed by atoms with Gasteiger partial charge in [-0.05, 0) is 30.9 Å². The number of aryl methyl sites for hydroxylation is 1. The number of ether oxygens (including phenoxy) is 1. The standard InChI is InChI=1S/C16H25NOS/c1-4-6-7-13(5-2)11-18-15-10-14(16(17)19)9-8-12(15)3/h8-10,13H,4-7,11H2,1-3H3,(H2,17,19). The van der Waals surface area contributed by atoms with Crippen LogP contribution in [0.1, 0.15) is 50.7 Å². The monoisotopic (exact) mass is 279 g/mol. The summed E-state index contributed by atoms with van der Waals surface area (Å²) in [6, 6.07) is 5.90. The van der Waals surface area contributed by atoms with E-state index in [0.29, 0.717) is 10.9 Å². The van der Waals surface area contributed by atoms with Crippen molar-refractivity contribution in [3.63, 3.8) is 0 Å². The minimum Gasteiger partial charge on any atom is -0.493 e. The van der Waals surface area contributed by atoms with Crippen LogP contribution in [0.4, 0.5) is 0 Å². The Hall–Kier alpha value is -1.09. The number of thiocarbonyl (C=S) groups is 1.